The largest absolute Gasteiger partial charge is 0.319 e. The number of thiophene rings is 1. The van der Waals surface area contributed by atoms with E-state index >= 15 is 0 Å². The van der Waals surface area contributed by atoms with Crippen molar-refractivity contribution >= 4 is 27.3 Å². The predicted molar refractivity (Wildman–Crippen MR) is 45.0 cm³/mol. The van der Waals surface area contributed by atoms with Crippen LogP contribution in [0.5, 0.6) is 0 Å². The summed E-state index contributed by atoms with van der Waals surface area (Å²) >= 11 is 4.37. The summed E-state index contributed by atoms with van der Waals surface area (Å²) in [5, 5.41) is 1.72. The van der Waals surface area contributed by atoms with E-state index in [4.69, 9.17) is 5.73 Å². The van der Waals surface area contributed by atoms with E-state index in [0.29, 0.717) is 9.35 Å². The molecule has 0 aliphatic heterocycles. The first kappa shape index (κ1) is 9.09. The fourth-order valence-corrected chi connectivity index (χ4v) is 2.30. The van der Waals surface area contributed by atoms with Crippen molar-refractivity contribution in [2.75, 3.05) is 0 Å². The Morgan fingerprint density at radius 3 is 2.55 bits per heavy atom. The van der Waals surface area contributed by atoms with Crippen LogP contribution in [0.2, 0.25) is 0 Å². The van der Waals surface area contributed by atoms with Gasteiger partial charge in [-0.05, 0) is 27.4 Å². The van der Waals surface area contributed by atoms with Gasteiger partial charge in [-0.2, -0.15) is 0 Å². The van der Waals surface area contributed by atoms with Gasteiger partial charge in [-0.25, -0.2) is 8.78 Å². The van der Waals surface area contributed by atoms with Gasteiger partial charge in [-0.1, -0.05) is 0 Å². The van der Waals surface area contributed by atoms with Gasteiger partial charge in [0.15, 0.2) is 0 Å². The summed E-state index contributed by atoms with van der Waals surface area (Å²) < 4.78 is 24.7. The maximum absolute atomic E-state index is 12.0. The second-order valence-electron chi connectivity index (χ2n) is 1.99. The van der Waals surface area contributed by atoms with Crippen molar-refractivity contribution in [1.82, 2.24) is 0 Å². The van der Waals surface area contributed by atoms with Gasteiger partial charge in [0, 0.05) is 9.35 Å². The number of rotatable bonds is 2. The zero-order chi connectivity index (χ0) is 8.43. The van der Waals surface area contributed by atoms with E-state index in [2.05, 4.69) is 15.9 Å². The Morgan fingerprint density at radius 1 is 1.55 bits per heavy atom. The molecule has 1 aromatic heterocycles. The van der Waals surface area contributed by atoms with Gasteiger partial charge in [0.05, 0.1) is 0 Å². The van der Waals surface area contributed by atoms with Crippen LogP contribution < -0.4 is 5.73 Å². The van der Waals surface area contributed by atoms with Crippen LogP contribution in [0.4, 0.5) is 8.78 Å². The maximum atomic E-state index is 12.0. The molecule has 5 heteroatoms. The van der Waals surface area contributed by atoms with E-state index in [9.17, 15) is 8.78 Å². The third kappa shape index (κ3) is 1.98. The van der Waals surface area contributed by atoms with Crippen molar-refractivity contribution in [3.8, 4) is 0 Å². The average Bonchev–Trinajstić information content (AvgIpc) is 2.33. The van der Waals surface area contributed by atoms with E-state index < -0.39 is 12.5 Å². The highest BCUT2D eigenvalue weighted by molar-refractivity contribution is 9.10. The highest BCUT2D eigenvalue weighted by Crippen LogP contribution is 2.30. The summed E-state index contributed by atoms with van der Waals surface area (Å²) in [6.45, 7) is 0. The molecule has 0 saturated heterocycles. The molecule has 0 radical (unpaired) electrons. The first-order valence-electron chi connectivity index (χ1n) is 2.89. The number of alkyl halides is 2. The molecule has 62 valence electrons. The SMILES string of the molecule is N[C@@H](c1sccc1Br)C(F)F. The summed E-state index contributed by atoms with van der Waals surface area (Å²) in [6, 6.07) is 0.548. The van der Waals surface area contributed by atoms with E-state index in [0.717, 1.165) is 0 Å². The molecule has 0 amide bonds. The van der Waals surface area contributed by atoms with Crippen LogP contribution in [0.3, 0.4) is 0 Å². The van der Waals surface area contributed by atoms with Gasteiger partial charge in [0.25, 0.3) is 6.43 Å². The quantitative estimate of drug-likeness (QED) is 0.847. The third-order valence-electron chi connectivity index (χ3n) is 1.22. The molecular weight excluding hydrogens is 236 g/mol. The van der Waals surface area contributed by atoms with Crippen LogP contribution in [0.1, 0.15) is 10.9 Å². The van der Waals surface area contributed by atoms with Gasteiger partial charge < -0.3 is 5.73 Å². The summed E-state index contributed by atoms with van der Waals surface area (Å²) in [4.78, 5) is 0.500. The molecule has 0 aliphatic carbocycles. The Labute approximate surface area is 75.3 Å². The normalized spacial score (nSPS) is 13.9. The molecule has 1 atom stereocenters. The van der Waals surface area contributed by atoms with Crippen molar-refractivity contribution in [2.24, 2.45) is 5.73 Å². The van der Waals surface area contributed by atoms with Crippen LogP contribution in [-0.2, 0) is 0 Å². The van der Waals surface area contributed by atoms with E-state index in [1.54, 1.807) is 11.4 Å². The first-order valence-corrected chi connectivity index (χ1v) is 4.57. The lowest BCUT2D eigenvalue weighted by atomic mass is 10.3. The lowest BCUT2D eigenvalue weighted by Gasteiger charge is -2.07. The molecule has 2 N–H and O–H groups in total. The zero-order valence-electron chi connectivity index (χ0n) is 5.43. The Hall–Kier alpha value is -0.0000000000000000555. The standard InChI is InChI=1S/C6H6BrF2NS/c7-3-1-2-11-5(3)4(10)6(8)9/h1-2,4,6H,10H2/t4-/m0/s1. The lowest BCUT2D eigenvalue weighted by Crippen LogP contribution is -2.17. The van der Waals surface area contributed by atoms with Crippen LogP contribution >= 0.6 is 27.3 Å². The summed E-state index contributed by atoms with van der Waals surface area (Å²) in [7, 11) is 0. The van der Waals surface area contributed by atoms with Crippen LogP contribution in [0.15, 0.2) is 15.9 Å². The predicted octanol–water partition coefficient (Wildman–Crippen LogP) is 2.78. The van der Waals surface area contributed by atoms with Crippen LogP contribution in [0, 0.1) is 0 Å². The van der Waals surface area contributed by atoms with Gasteiger partial charge in [-0.15, -0.1) is 11.3 Å². The molecule has 1 rings (SSSR count). The number of nitrogens with two attached hydrogens (primary N) is 1. The van der Waals surface area contributed by atoms with Crippen LogP contribution in [-0.4, -0.2) is 6.43 Å². The Kier molecular flexibility index (Phi) is 2.98. The number of halogens is 3. The van der Waals surface area contributed by atoms with E-state index in [1.165, 1.54) is 11.3 Å². The smallest absolute Gasteiger partial charge is 0.258 e. The fourth-order valence-electron chi connectivity index (χ4n) is 0.658. The molecule has 0 aliphatic rings. The summed E-state index contributed by atoms with van der Waals surface area (Å²) in [5.74, 6) is 0. The topological polar surface area (TPSA) is 26.0 Å². The molecule has 0 aromatic carbocycles. The molecule has 1 heterocycles. The molecule has 0 spiro atoms. The minimum Gasteiger partial charge on any atom is -0.319 e. The third-order valence-corrected chi connectivity index (χ3v) is 3.19. The molecular formula is C6H6BrF2NS. The van der Waals surface area contributed by atoms with Crippen LogP contribution in [0.25, 0.3) is 0 Å². The minimum atomic E-state index is -2.50. The molecule has 1 nitrogen and oxygen atoms in total. The van der Waals surface area contributed by atoms with Gasteiger partial charge in [0.1, 0.15) is 6.04 Å². The van der Waals surface area contributed by atoms with Crippen molar-refractivity contribution in [3.63, 3.8) is 0 Å². The Morgan fingerprint density at radius 2 is 2.18 bits per heavy atom. The van der Waals surface area contributed by atoms with Gasteiger partial charge in [0.2, 0.25) is 0 Å². The second kappa shape index (κ2) is 3.60. The van der Waals surface area contributed by atoms with Crippen molar-refractivity contribution < 1.29 is 8.78 Å². The second-order valence-corrected chi connectivity index (χ2v) is 3.80. The van der Waals surface area contributed by atoms with Gasteiger partial charge >= 0.3 is 0 Å². The number of hydrogen-bond donors (Lipinski definition) is 1. The molecule has 0 bridgehead atoms. The zero-order valence-corrected chi connectivity index (χ0v) is 7.83. The highest BCUT2D eigenvalue weighted by atomic mass is 79.9. The molecule has 11 heavy (non-hydrogen) atoms. The Bertz CT molecular complexity index is 238. The molecule has 1 aromatic rings. The van der Waals surface area contributed by atoms with Crippen molar-refractivity contribution in [2.45, 2.75) is 12.5 Å². The monoisotopic (exact) mass is 241 g/mol. The van der Waals surface area contributed by atoms with Gasteiger partial charge in [-0.3, -0.25) is 0 Å². The molecule has 0 unspecified atom stereocenters. The fraction of sp³-hybridized carbons (Fsp3) is 0.333. The average molecular weight is 242 g/mol. The lowest BCUT2D eigenvalue weighted by molar-refractivity contribution is 0.117. The summed E-state index contributed by atoms with van der Waals surface area (Å²) in [5.41, 5.74) is 5.21. The molecule has 0 saturated carbocycles. The highest BCUT2D eigenvalue weighted by Gasteiger charge is 2.20. The van der Waals surface area contributed by atoms with Crippen molar-refractivity contribution in [3.05, 3.63) is 20.8 Å². The van der Waals surface area contributed by atoms with E-state index in [-0.39, 0.29) is 0 Å². The summed E-state index contributed by atoms with van der Waals surface area (Å²) in [6.07, 6.45) is -2.50. The maximum Gasteiger partial charge on any atom is 0.258 e. The minimum absolute atomic E-state index is 0.500. The van der Waals surface area contributed by atoms with Crippen molar-refractivity contribution in [1.29, 1.82) is 0 Å². The van der Waals surface area contributed by atoms with E-state index in [1.807, 2.05) is 0 Å². The Balaban J connectivity index is 2.84. The number of hydrogen-bond acceptors (Lipinski definition) is 2. The molecule has 0 fully saturated rings. The first-order chi connectivity index (χ1) is 5.13.